The van der Waals surface area contributed by atoms with Gasteiger partial charge in [0.05, 0.1) is 4.90 Å². The van der Waals surface area contributed by atoms with Crippen LogP contribution < -0.4 is 5.32 Å². The molecule has 2 heterocycles. The number of nitrogens with one attached hydrogen (secondary N) is 1. The van der Waals surface area contributed by atoms with Crippen LogP contribution in [0.3, 0.4) is 0 Å². The van der Waals surface area contributed by atoms with Gasteiger partial charge in [-0.05, 0) is 50.3 Å². The van der Waals surface area contributed by atoms with Gasteiger partial charge in [-0.25, -0.2) is 8.42 Å². The molecule has 2 fully saturated rings. The average molecular weight is 407 g/mol. The minimum absolute atomic E-state index is 0.202. The molecule has 7 nitrogen and oxygen atoms in total. The molecule has 1 amide bonds. The molecule has 1 aromatic carbocycles. The molecule has 1 saturated heterocycles. The van der Waals surface area contributed by atoms with E-state index in [9.17, 15) is 13.2 Å². The van der Waals surface area contributed by atoms with Crippen molar-refractivity contribution in [2.45, 2.75) is 49.8 Å². The number of carbonyl (C=O) groups excluding carboxylic acids is 1. The Morgan fingerprint density at radius 3 is 2.63 bits per heavy atom. The van der Waals surface area contributed by atoms with Crippen molar-refractivity contribution < 1.29 is 13.2 Å². The smallest absolute Gasteiger partial charge is 0.257 e. The van der Waals surface area contributed by atoms with Gasteiger partial charge < -0.3 is 0 Å². The SMILES string of the molecule is Cc1ccc(C(=O)Nc2nnc(C3CC3)s2)cc1S(=O)(=O)N1CCCCC1. The molecule has 2 aliphatic rings. The molecule has 1 aliphatic heterocycles. The number of amides is 1. The number of aryl methyl sites for hydroxylation is 1. The van der Waals surface area contributed by atoms with E-state index in [4.69, 9.17) is 0 Å². The number of benzene rings is 1. The summed E-state index contributed by atoms with van der Waals surface area (Å²) in [6.45, 7) is 2.82. The van der Waals surface area contributed by atoms with Gasteiger partial charge in [-0.3, -0.25) is 10.1 Å². The summed E-state index contributed by atoms with van der Waals surface area (Å²) in [7, 11) is -3.59. The lowest BCUT2D eigenvalue weighted by Gasteiger charge is -2.26. The topological polar surface area (TPSA) is 92.3 Å². The Hall–Kier alpha value is -1.84. The van der Waals surface area contributed by atoms with Crippen molar-refractivity contribution in [2.24, 2.45) is 0 Å². The van der Waals surface area contributed by atoms with Gasteiger partial charge in [0.1, 0.15) is 5.01 Å². The Labute approximate surface area is 162 Å². The van der Waals surface area contributed by atoms with Crippen molar-refractivity contribution in [3.05, 3.63) is 34.3 Å². The first-order valence-corrected chi connectivity index (χ1v) is 11.5. The first-order chi connectivity index (χ1) is 12.9. The van der Waals surface area contributed by atoms with Gasteiger partial charge in [0, 0.05) is 24.6 Å². The summed E-state index contributed by atoms with van der Waals surface area (Å²) in [4.78, 5) is 12.8. The van der Waals surface area contributed by atoms with E-state index in [0.29, 0.717) is 35.3 Å². The van der Waals surface area contributed by atoms with Crippen LogP contribution in [0.25, 0.3) is 0 Å². The zero-order chi connectivity index (χ0) is 19.0. The van der Waals surface area contributed by atoms with E-state index in [-0.39, 0.29) is 10.8 Å². The molecule has 9 heteroatoms. The Kier molecular flexibility index (Phi) is 5.00. The van der Waals surface area contributed by atoms with Crippen LogP contribution in [0.1, 0.15) is 59.0 Å². The summed E-state index contributed by atoms with van der Waals surface area (Å²) >= 11 is 1.38. The highest BCUT2D eigenvalue weighted by Gasteiger charge is 2.29. The number of piperidine rings is 1. The summed E-state index contributed by atoms with van der Waals surface area (Å²) in [6.07, 6.45) is 5.05. The van der Waals surface area contributed by atoms with Crippen molar-refractivity contribution in [1.29, 1.82) is 0 Å². The van der Waals surface area contributed by atoms with Gasteiger partial charge in [-0.1, -0.05) is 23.8 Å². The summed E-state index contributed by atoms with van der Waals surface area (Å²) < 4.78 is 27.5. The van der Waals surface area contributed by atoms with Crippen molar-refractivity contribution in [1.82, 2.24) is 14.5 Å². The molecule has 0 bridgehead atoms. The van der Waals surface area contributed by atoms with Gasteiger partial charge in [0.15, 0.2) is 0 Å². The number of carbonyl (C=O) groups is 1. The Bertz CT molecular complexity index is 961. The first kappa shape index (κ1) is 18.5. The van der Waals surface area contributed by atoms with E-state index < -0.39 is 10.0 Å². The van der Waals surface area contributed by atoms with E-state index in [2.05, 4.69) is 15.5 Å². The molecule has 27 heavy (non-hydrogen) atoms. The quantitative estimate of drug-likeness (QED) is 0.823. The van der Waals surface area contributed by atoms with Crippen LogP contribution in [-0.4, -0.2) is 41.9 Å². The molecule has 1 saturated carbocycles. The van der Waals surface area contributed by atoms with Crippen LogP contribution in [0.4, 0.5) is 5.13 Å². The normalized spacial score (nSPS) is 18.4. The van der Waals surface area contributed by atoms with E-state index in [1.807, 2.05) is 0 Å². The van der Waals surface area contributed by atoms with Gasteiger partial charge >= 0.3 is 0 Å². The molecule has 1 aromatic heterocycles. The van der Waals surface area contributed by atoms with Crippen molar-refractivity contribution in [3.8, 4) is 0 Å². The maximum Gasteiger partial charge on any atom is 0.257 e. The summed E-state index contributed by atoms with van der Waals surface area (Å²) in [5.74, 6) is 0.109. The lowest BCUT2D eigenvalue weighted by Crippen LogP contribution is -2.36. The molecule has 0 spiro atoms. The number of nitrogens with zero attached hydrogens (tertiary/aromatic N) is 3. The van der Waals surface area contributed by atoms with Crippen LogP contribution in [0.5, 0.6) is 0 Å². The monoisotopic (exact) mass is 406 g/mol. The first-order valence-electron chi connectivity index (χ1n) is 9.21. The van der Waals surface area contributed by atoms with E-state index >= 15 is 0 Å². The average Bonchev–Trinajstić information content (AvgIpc) is 3.42. The number of sulfonamides is 1. The fraction of sp³-hybridized carbons (Fsp3) is 0.500. The second-order valence-corrected chi connectivity index (χ2v) is 10.0. The van der Waals surface area contributed by atoms with Gasteiger partial charge in [-0.15, -0.1) is 10.2 Å². The van der Waals surface area contributed by atoms with Gasteiger partial charge in [0.25, 0.3) is 5.91 Å². The molecule has 1 N–H and O–H groups in total. The highest BCUT2D eigenvalue weighted by atomic mass is 32.2. The van der Waals surface area contributed by atoms with E-state index in [1.165, 1.54) is 21.7 Å². The molecule has 0 unspecified atom stereocenters. The maximum absolute atomic E-state index is 13.0. The van der Waals surface area contributed by atoms with Gasteiger partial charge in [0.2, 0.25) is 15.2 Å². The molecule has 1 aliphatic carbocycles. The zero-order valence-electron chi connectivity index (χ0n) is 15.1. The number of anilines is 1. The Morgan fingerprint density at radius 1 is 1.19 bits per heavy atom. The third kappa shape index (κ3) is 3.90. The number of rotatable bonds is 5. The lowest BCUT2D eigenvalue weighted by atomic mass is 10.1. The van der Waals surface area contributed by atoms with Crippen LogP contribution >= 0.6 is 11.3 Å². The van der Waals surface area contributed by atoms with E-state index in [0.717, 1.165) is 37.1 Å². The third-order valence-corrected chi connectivity index (χ3v) is 8.01. The second-order valence-electron chi connectivity index (χ2n) is 7.12. The Balaban J connectivity index is 1.56. The largest absolute Gasteiger partial charge is 0.296 e. The molecule has 4 rings (SSSR count). The fourth-order valence-electron chi connectivity index (χ4n) is 3.21. The fourth-order valence-corrected chi connectivity index (χ4v) is 5.89. The Morgan fingerprint density at radius 2 is 1.93 bits per heavy atom. The summed E-state index contributed by atoms with van der Waals surface area (Å²) in [5.41, 5.74) is 0.948. The lowest BCUT2D eigenvalue weighted by molar-refractivity contribution is 0.102. The van der Waals surface area contributed by atoms with Crippen molar-refractivity contribution >= 4 is 32.4 Å². The molecular formula is C18H22N4O3S2. The molecule has 0 radical (unpaired) electrons. The predicted molar refractivity (Wildman–Crippen MR) is 104 cm³/mol. The predicted octanol–water partition coefficient (Wildman–Crippen LogP) is 3.15. The molecule has 2 aromatic rings. The summed E-state index contributed by atoms with van der Waals surface area (Å²) in [5, 5.41) is 12.3. The number of aromatic nitrogens is 2. The van der Waals surface area contributed by atoms with Crippen LogP contribution in [-0.2, 0) is 10.0 Å². The van der Waals surface area contributed by atoms with Crippen LogP contribution in [0, 0.1) is 6.92 Å². The highest BCUT2D eigenvalue weighted by Crippen LogP contribution is 2.42. The van der Waals surface area contributed by atoms with Crippen molar-refractivity contribution in [2.75, 3.05) is 18.4 Å². The molecule has 0 atom stereocenters. The maximum atomic E-state index is 13.0. The van der Waals surface area contributed by atoms with Crippen LogP contribution in [0.15, 0.2) is 23.1 Å². The number of hydrogen-bond acceptors (Lipinski definition) is 6. The highest BCUT2D eigenvalue weighted by molar-refractivity contribution is 7.89. The third-order valence-electron chi connectivity index (χ3n) is 4.97. The number of hydrogen-bond donors (Lipinski definition) is 1. The van der Waals surface area contributed by atoms with Gasteiger partial charge in [-0.2, -0.15) is 4.31 Å². The standard InChI is InChI=1S/C18H22N4O3S2/c1-12-5-6-14(11-15(12)27(24,25)22-9-3-2-4-10-22)16(23)19-18-21-20-17(26-18)13-7-8-13/h5-6,11,13H,2-4,7-10H2,1H3,(H,19,21,23). The molecular weight excluding hydrogens is 384 g/mol. The minimum Gasteiger partial charge on any atom is -0.296 e. The second kappa shape index (κ2) is 7.29. The van der Waals surface area contributed by atoms with E-state index in [1.54, 1.807) is 19.1 Å². The summed E-state index contributed by atoms with van der Waals surface area (Å²) in [6, 6.07) is 4.79. The minimum atomic E-state index is -3.59. The van der Waals surface area contributed by atoms with Crippen molar-refractivity contribution in [3.63, 3.8) is 0 Å². The van der Waals surface area contributed by atoms with Crippen LogP contribution in [0.2, 0.25) is 0 Å². The molecule has 144 valence electrons. The zero-order valence-corrected chi connectivity index (χ0v) is 16.8.